The number of carbonyl (C=O) groups is 2. The molecule has 0 spiro atoms. The highest BCUT2D eigenvalue weighted by Gasteiger charge is 2.29. The number of hydrogen-bond donors (Lipinski definition) is 1. The maximum Gasteiger partial charge on any atom is 0.250 e. The summed E-state index contributed by atoms with van der Waals surface area (Å²) < 4.78 is 28.2. The summed E-state index contributed by atoms with van der Waals surface area (Å²) in [5.41, 5.74) is 0.568. The van der Waals surface area contributed by atoms with E-state index < -0.39 is 10.0 Å². The summed E-state index contributed by atoms with van der Waals surface area (Å²) in [4.78, 5) is 26.4. The van der Waals surface area contributed by atoms with Crippen LogP contribution in [0.5, 0.6) is 0 Å². The van der Waals surface area contributed by atoms with Crippen LogP contribution in [0.25, 0.3) is 0 Å². The van der Waals surface area contributed by atoms with Gasteiger partial charge in [0.05, 0.1) is 6.54 Å². The summed E-state index contributed by atoms with van der Waals surface area (Å²) in [7, 11) is -1.92. The number of thiophene rings is 1. The molecule has 0 unspecified atom stereocenters. The third-order valence-electron chi connectivity index (χ3n) is 4.47. The number of sulfonamides is 1. The molecule has 2 aromatic heterocycles. The minimum Gasteiger partial charge on any atom is -0.342 e. The van der Waals surface area contributed by atoms with E-state index in [1.54, 1.807) is 40.3 Å². The predicted octanol–water partition coefficient (Wildman–Crippen LogP) is 0.881. The lowest BCUT2D eigenvalue weighted by atomic mass is 9.91. The summed E-state index contributed by atoms with van der Waals surface area (Å²) in [5.74, 6) is -0.385. The number of rotatable bonds is 6. The molecule has 26 heavy (non-hydrogen) atoms. The van der Waals surface area contributed by atoms with Crippen LogP contribution in [0.3, 0.4) is 0 Å². The number of nitrogens with zero attached hydrogens (tertiary/aromatic N) is 3. The number of piperidine rings is 1. The van der Waals surface area contributed by atoms with Gasteiger partial charge in [-0.15, -0.1) is 11.3 Å². The summed E-state index contributed by atoms with van der Waals surface area (Å²) in [6, 6.07) is 4.83. The van der Waals surface area contributed by atoms with Crippen LogP contribution in [0.15, 0.2) is 34.0 Å². The molecule has 0 aliphatic carbocycles. The van der Waals surface area contributed by atoms with Crippen molar-refractivity contribution in [1.29, 1.82) is 0 Å². The second-order valence-electron chi connectivity index (χ2n) is 6.12. The lowest BCUT2D eigenvalue weighted by Gasteiger charge is -2.31. The molecule has 1 fully saturated rings. The highest BCUT2D eigenvalue weighted by molar-refractivity contribution is 7.91. The Morgan fingerprint density at radius 1 is 1.31 bits per heavy atom. The molecule has 0 aromatic carbocycles. The third-order valence-corrected chi connectivity index (χ3v) is 7.26. The van der Waals surface area contributed by atoms with Gasteiger partial charge < -0.3 is 4.90 Å². The minimum atomic E-state index is -3.65. The fourth-order valence-corrected chi connectivity index (χ4v) is 4.98. The van der Waals surface area contributed by atoms with E-state index in [2.05, 4.69) is 9.82 Å². The topological polar surface area (TPSA) is 101 Å². The molecule has 0 radical (unpaired) electrons. The molecule has 1 N–H and O–H groups in total. The lowest BCUT2D eigenvalue weighted by Crippen LogP contribution is -2.45. The molecule has 3 rings (SSSR count). The number of aromatic nitrogens is 2. The Labute approximate surface area is 155 Å². The standard InChI is InChI=1S/C16H20N4O4S2/c1-19-13(4-7-17-19)16(22)12-5-8-20(9-6-12)14(21)11-18-26(23,24)15-3-2-10-25-15/h2-4,7,10,12,18H,5-6,8-9,11H2,1H3. The zero-order valence-electron chi connectivity index (χ0n) is 14.3. The zero-order chi connectivity index (χ0) is 18.7. The molecule has 1 saturated heterocycles. The van der Waals surface area contributed by atoms with E-state index in [0.29, 0.717) is 31.6 Å². The van der Waals surface area contributed by atoms with Gasteiger partial charge in [-0.25, -0.2) is 13.1 Å². The van der Waals surface area contributed by atoms with Crippen LogP contribution >= 0.6 is 11.3 Å². The first-order chi connectivity index (χ1) is 12.4. The Balaban J connectivity index is 1.51. The van der Waals surface area contributed by atoms with Crippen molar-refractivity contribution in [3.8, 4) is 0 Å². The second kappa shape index (κ2) is 7.68. The second-order valence-corrected chi connectivity index (χ2v) is 9.06. The highest BCUT2D eigenvalue weighted by atomic mass is 32.2. The first-order valence-electron chi connectivity index (χ1n) is 8.21. The van der Waals surface area contributed by atoms with Crippen LogP contribution in [0.2, 0.25) is 0 Å². The normalized spacial score (nSPS) is 16.0. The Kier molecular flexibility index (Phi) is 5.54. The van der Waals surface area contributed by atoms with Gasteiger partial charge >= 0.3 is 0 Å². The van der Waals surface area contributed by atoms with Crippen LogP contribution in [0.1, 0.15) is 23.3 Å². The van der Waals surface area contributed by atoms with Crippen molar-refractivity contribution in [2.24, 2.45) is 13.0 Å². The third kappa shape index (κ3) is 4.02. The van der Waals surface area contributed by atoms with Crippen molar-refractivity contribution in [2.45, 2.75) is 17.1 Å². The first kappa shape index (κ1) is 18.7. The largest absolute Gasteiger partial charge is 0.342 e. The highest BCUT2D eigenvalue weighted by Crippen LogP contribution is 2.22. The van der Waals surface area contributed by atoms with Gasteiger partial charge in [0, 0.05) is 32.3 Å². The molecular formula is C16H20N4O4S2. The van der Waals surface area contributed by atoms with E-state index in [0.717, 1.165) is 11.3 Å². The van der Waals surface area contributed by atoms with E-state index >= 15 is 0 Å². The Morgan fingerprint density at radius 3 is 2.62 bits per heavy atom. The van der Waals surface area contributed by atoms with Gasteiger partial charge in [0.1, 0.15) is 9.90 Å². The molecule has 1 aliphatic rings. The Morgan fingerprint density at radius 2 is 2.04 bits per heavy atom. The summed E-state index contributed by atoms with van der Waals surface area (Å²) >= 11 is 1.10. The number of carbonyl (C=O) groups excluding carboxylic acids is 2. The smallest absolute Gasteiger partial charge is 0.250 e. The van der Waals surface area contributed by atoms with E-state index in [9.17, 15) is 18.0 Å². The van der Waals surface area contributed by atoms with E-state index in [4.69, 9.17) is 0 Å². The lowest BCUT2D eigenvalue weighted by molar-refractivity contribution is -0.131. The molecule has 10 heteroatoms. The number of hydrogen-bond acceptors (Lipinski definition) is 6. The van der Waals surface area contributed by atoms with Crippen molar-refractivity contribution in [1.82, 2.24) is 19.4 Å². The minimum absolute atomic E-state index is 0.0375. The van der Waals surface area contributed by atoms with Crippen LogP contribution < -0.4 is 4.72 Å². The molecule has 0 bridgehead atoms. The summed E-state index contributed by atoms with van der Waals surface area (Å²) in [5, 5.41) is 5.68. The van der Waals surface area contributed by atoms with Gasteiger partial charge in [-0.2, -0.15) is 5.10 Å². The molecule has 1 amide bonds. The molecule has 3 heterocycles. The van der Waals surface area contributed by atoms with Crippen LogP contribution in [0.4, 0.5) is 0 Å². The summed E-state index contributed by atoms with van der Waals surface area (Å²) in [6.07, 6.45) is 2.71. The average molecular weight is 396 g/mol. The fraction of sp³-hybridized carbons (Fsp3) is 0.438. The van der Waals surface area contributed by atoms with Crippen LogP contribution in [-0.4, -0.2) is 54.4 Å². The Hall–Kier alpha value is -2.04. The maximum atomic E-state index is 12.5. The number of ketones is 1. The van der Waals surface area contributed by atoms with E-state index in [-0.39, 0.29) is 28.4 Å². The van der Waals surface area contributed by atoms with Crippen molar-refractivity contribution >= 4 is 33.1 Å². The van der Waals surface area contributed by atoms with Gasteiger partial charge in [0.2, 0.25) is 5.91 Å². The fourth-order valence-electron chi connectivity index (χ4n) is 2.97. The van der Waals surface area contributed by atoms with E-state index in [1.807, 2.05) is 0 Å². The zero-order valence-corrected chi connectivity index (χ0v) is 15.9. The first-order valence-corrected chi connectivity index (χ1v) is 10.6. The van der Waals surface area contributed by atoms with Gasteiger partial charge in [0.15, 0.2) is 5.78 Å². The van der Waals surface area contributed by atoms with Crippen LogP contribution in [-0.2, 0) is 21.9 Å². The molecule has 8 nitrogen and oxygen atoms in total. The van der Waals surface area contributed by atoms with Crippen molar-refractivity contribution in [3.05, 3.63) is 35.5 Å². The molecular weight excluding hydrogens is 376 g/mol. The maximum absolute atomic E-state index is 12.5. The molecule has 140 valence electrons. The van der Waals surface area contributed by atoms with Crippen molar-refractivity contribution < 1.29 is 18.0 Å². The molecule has 2 aromatic rings. The van der Waals surface area contributed by atoms with Gasteiger partial charge in [-0.3, -0.25) is 14.3 Å². The number of likely N-dealkylation sites (tertiary alicyclic amines) is 1. The molecule has 0 atom stereocenters. The average Bonchev–Trinajstić information content (AvgIpc) is 3.31. The van der Waals surface area contributed by atoms with Gasteiger partial charge in [-0.1, -0.05) is 6.07 Å². The van der Waals surface area contributed by atoms with E-state index in [1.165, 1.54) is 6.07 Å². The Bertz CT molecular complexity index is 881. The van der Waals surface area contributed by atoms with Crippen molar-refractivity contribution in [3.63, 3.8) is 0 Å². The van der Waals surface area contributed by atoms with Crippen molar-refractivity contribution in [2.75, 3.05) is 19.6 Å². The van der Waals surface area contributed by atoms with Crippen LogP contribution in [0, 0.1) is 5.92 Å². The quantitative estimate of drug-likeness (QED) is 0.731. The number of amides is 1. The number of Topliss-reactive ketones (excluding diaryl/α,β-unsaturated/α-hetero) is 1. The monoisotopic (exact) mass is 396 g/mol. The SMILES string of the molecule is Cn1nccc1C(=O)C1CCN(C(=O)CNS(=O)(=O)c2cccs2)CC1. The van der Waals surface area contributed by atoms with Gasteiger partial charge in [0.25, 0.3) is 10.0 Å². The molecule has 0 saturated carbocycles. The molecule has 1 aliphatic heterocycles. The number of nitrogens with one attached hydrogen (secondary N) is 1. The van der Waals surface area contributed by atoms with Gasteiger partial charge in [-0.05, 0) is 30.4 Å². The summed E-state index contributed by atoms with van der Waals surface area (Å²) in [6.45, 7) is 0.599. The number of aryl methyl sites for hydroxylation is 1. The predicted molar refractivity (Wildman–Crippen MR) is 96.4 cm³/mol.